The zero-order valence-electron chi connectivity index (χ0n) is 13.5. The van der Waals surface area contributed by atoms with Gasteiger partial charge in [0.15, 0.2) is 4.32 Å². The van der Waals surface area contributed by atoms with E-state index in [1.807, 2.05) is 12.1 Å². The molecule has 4 nitrogen and oxygen atoms in total. The molecule has 0 unspecified atom stereocenters. The first kappa shape index (κ1) is 19.1. The molecule has 0 atom stereocenters. The van der Waals surface area contributed by atoms with Gasteiger partial charge in [-0.15, -0.1) is 0 Å². The SMILES string of the molecule is CC(=O)Nc1ccc(/C=C2\SC(=S)N(c3ccc(Br)c(Cl)c3)C2=O)cc1. The molecule has 0 radical (unpaired) electrons. The summed E-state index contributed by atoms with van der Waals surface area (Å²) in [6.07, 6.45) is 1.78. The number of hydrogen-bond donors (Lipinski definition) is 1. The van der Waals surface area contributed by atoms with Gasteiger partial charge in [-0.05, 0) is 57.9 Å². The summed E-state index contributed by atoms with van der Waals surface area (Å²) in [5, 5.41) is 3.21. The van der Waals surface area contributed by atoms with Crippen LogP contribution in [0.1, 0.15) is 12.5 Å². The minimum absolute atomic E-state index is 0.133. The van der Waals surface area contributed by atoms with Crippen molar-refractivity contribution in [2.75, 3.05) is 10.2 Å². The van der Waals surface area contributed by atoms with Gasteiger partial charge in [0.1, 0.15) is 0 Å². The fourth-order valence-corrected chi connectivity index (χ4v) is 4.05. The molecule has 1 saturated heterocycles. The molecule has 1 aliphatic rings. The van der Waals surface area contributed by atoms with E-state index in [0.29, 0.717) is 25.6 Å². The second-order valence-electron chi connectivity index (χ2n) is 5.42. The number of carbonyl (C=O) groups is 2. The van der Waals surface area contributed by atoms with Crippen molar-refractivity contribution in [3.63, 3.8) is 0 Å². The lowest BCUT2D eigenvalue weighted by Crippen LogP contribution is -2.27. The topological polar surface area (TPSA) is 49.4 Å². The van der Waals surface area contributed by atoms with Gasteiger partial charge in [-0.3, -0.25) is 14.5 Å². The number of rotatable bonds is 3. The summed E-state index contributed by atoms with van der Waals surface area (Å²) < 4.78 is 1.21. The summed E-state index contributed by atoms with van der Waals surface area (Å²) in [4.78, 5) is 25.8. The Hall–Kier alpha value is -1.67. The van der Waals surface area contributed by atoms with Crippen LogP contribution in [0.5, 0.6) is 0 Å². The van der Waals surface area contributed by atoms with Gasteiger partial charge in [0.25, 0.3) is 5.91 Å². The molecule has 26 heavy (non-hydrogen) atoms. The smallest absolute Gasteiger partial charge is 0.270 e. The van der Waals surface area contributed by atoms with E-state index in [0.717, 1.165) is 10.0 Å². The Morgan fingerprint density at radius 1 is 1.27 bits per heavy atom. The number of thiocarbonyl (C=S) groups is 1. The van der Waals surface area contributed by atoms with E-state index >= 15 is 0 Å². The van der Waals surface area contributed by atoms with E-state index in [1.165, 1.54) is 23.6 Å². The molecule has 1 aliphatic heterocycles. The van der Waals surface area contributed by atoms with Crippen LogP contribution in [0.25, 0.3) is 6.08 Å². The molecule has 2 aromatic rings. The number of nitrogens with zero attached hydrogens (tertiary/aromatic N) is 1. The standard InChI is InChI=1S/C18H12BrClN2O2S2/c1-10(23)21-12-4-2-11(3-5-12)8-16-17(24)22(18(25)26-16)13-6-7-14(19)15(20)9-13/h2-9H,1H3,(H,21,23)/b16-8-. The van der Waals surface area contributed by atoms with Crippen molar-refractivity contribution in [2.45, 2.75) is 6.92 Å². The van der Waals surface area contributed by atoms with Crippen molar-refractivity contribution in [3.05, 3.63) is 62.4 Å². The van der Waals surface area contributed by atoms with Gasteiger partial charge in [-0.2, -0.15) is 0 Å². The number of halogens is 2. The Balaban J connectivity index is 1.85. The van der Waals surface area contributed by atoms with Gasteiger partial charge in [0.2, 0.25) is 5.91 Å². The Labute approximate surface area is 173 Å². The number of anilines is 2. The minimum atomic E-state index is -0.190. The van der Waals surface area contributed by atoms with Crippen molar-refractivity contribution in [2.24, 2.45) is 0 Å². The summed E-state index contributed by atoms with van der Waals surface area (Å²) in [6.45, 7) is 1.45. The first-order valence-corrected chi connectivity index (χ1v) is 9.85. The van der Waals surface area contributed by atoms with Gasteiger partial charge in [-0.1, -0.05) is 47.7 Å². The van der Waals surface area contributed by atoms with E-state index in [-0.39, 0.29) is 11.8 Å². The maximum Gasteiger partial charge on any atom is 0.270 e. The molecule has 1 fully saturated rings. The molecule has 1 N–H and O–H groups in total. The maximum absolute atomic E-state index is 12.8. The van der Waals surface area contributed by atoms with Crippen LogP contribution < -0.4 is 10.2 Å². The molecule has 1 heterocycles. The fraction of sp³-hybridized carbons (Fsp3) is 0.0556. The van der Waals surface area contributed by atoms with E-state index < -0.39 is 0 Å². The molecule has 132 valence electrons. The molecule has 0 bridgehead atoms. The Bertz CT molecular complexity index is 945. The van der Waals surface area contributed by atoms with E-state index in [4.69, 9.17) is 23.8 Å². The van der Waals surface area contributed by atoms with Crippen LogP contribution in [0.3, 0.4) is 0 Å². The molecular formula is C18H12BrClN2O2S2. The Kier molecular flexibility index (Phi) is 5.82. The predicted octanol–water partition coefficient (Wildman–Crippen LogP) is 5.47. The highest BCUT2D eigenvalue weighted by molar-refractivity contribution is 9.10. The normalized spacial score (nSPS) is 15.7. The summed E-state index contributed by atoms with van der Waals surface area (Å²) in [5.41, 5.74) is 2.17. The van der Waals surface area contributed by atoms with Gasteiger partial charge < -0.3 is 5.32 Å². The molecule has 0 aromatic heterocycles. The lowest BCUT2D eigenvalue weighted by atomic mass is 10.2. The lowest BCUT2D eigenvalue weighted by molar-refractivity contribution is -0.114. The lowest BCUT2D eigenvalue weighted by Gasteiger charge is -2.15. The number of thioether (sulfide) groups is 1. The molecule has 0 saturated carbocycles. The predicted molar refractivity (Wildman–Crippen MR) is 116 cm³/mol. The molecule has 2 amide bonds. The summed E-state index contributed by atoms with van der Waals surface area (Å²) >= 11 is 16.1. The Morgan fingerprint density at radius 2 is 1.96 bits per heavy atom. The van der Waals surface area contributed by atoms with Gasteiger partial charge >= 0.3 is 0 Å². The van der Waals surface area contributed by atoms with Crippen molar-refractivity contribution < 1.29 is 9.59 Å². The first-order valence-electron chi connectivity index (χ1n) is 7.46. The molecule has 0 aliphatic carbocycles. The average molecular weight is 468 g/mol. The third kappa shape index (κ3) is 4.17. The third-order valence-corrected chi connectivity index (χ3v) is 6.02. The zero-order valence-corrected chi connectivity index (χ0v) is 17.4. The van der Waals surface area contributed by atoms with E-state index in [9.17, 15) is 9.59 Å². The number of nitrogens with one attached hydrogen (secondary N) is 1. The number of amides is 2. The van der Waals surface area contributed by atoms with E-state index in [2.05, 4.69) is 21.2 Å². The zero-order chi connectivity index (χ0) is 18.8. The van der Waals surface area contributed by atoms with Crippen LogP contribution in [0.4, 0.5) is 11.4 Å². The van der Waals surface area contributed by atoms with E-state index in [1.54, 1.807) is 36.4 Å². The third-order valence-electron chi connectivity index (χ3n) is 3.48. The number of hydrogen-bond acceptors (Lipinski definition) is 4. The van der Waals surface area contributed by atoms with Crippen molar-refractivity contribution in [3.8, 4) is 0 Å². The highest BCUT2D eigenvalue weighted by Crippen LogP contribution is 2.38. The van der Waals surface area contributed by atoms with Crippen LogP contribution in [-0.4, -0.2) is 16.1 Å². The van der Waals surface area contributed by atoms with Crippen molar-refractivity contribution in [1.82, 2.24) is 0 Å². The van der Waals surface area contributed by atoms with Gasteiger partial charge in [0.05, 0.1) is 15.6 Å². The monoisotopic (exact) mass is 466 g/mol. The maximum atomic E-state index is 12.8. The second-order valence-corrected chi connectivity index (χ2v) is 8.36. The van der Waals surface area contributed by atoms with Gasteiger partial charge in [-0.25, -0.2) is 0 Å². The van der Waals surface area contributed by atoms with Crippen LogP contribution in [0, 0.1) is 0 Å². The summed E-state index contributed by atoms with van der Waals surface area (Å²) in [7, 11) is 0. The number of carbonyl (C=O) groups excluding carboxylic acids is 2. The molecular weight excluding hydrogens is 456 g/mol. The first-order chi connectivity index (χ1) is 12.3. The molecule has 8 heteroatoms. The van der Waals surface area contributed by atoms with Gasteiger partial charge in [0, 0.05) is 17.1 Å². The van der Waals surface area contributed by atoms with Crippen LogP contribution in [-0.2, 0) is 9.59 Å². The number of benzene rings is 2. The molecule has 0 spiro atoms. The van der Waals surface area contributed by atoms with Crippen molar-refractivity contribution >= 4 is 85.1 Å². The quantitative estimate of drug-likeness (QED) is 0.480. The molecule has 2 aromatic carbocycles. The fourth-order valence-electron chi connectivity index (χ4n) is 2.33. The highest BCUT2D eigenvalue weighted by Gasteiger charge is 2.33. The largest absolute Gasteiger partial charge is 0.326 e. The molecule has 3 rings (SSSR count). The Morgan fingerprint density at radius 3 is 2.58 bits per heavy atom. The van der Waals surface area contributed by atoms with Crippen LogP contribution in [0.2, 0.25) is 5.02 Å². The second kappa shape index (κ2) is 7.92. The van der Waals surface area contributed by atoms with Crippen molar-refractivity contribution in [1.29, 1.82) is 0 Å². The summed E-state index contributed by atoms with van der Waals surface area (Å²) in [5.74, 6) is -0.323. The average Bonchev–Trinajstić information content (AvgIpc) is 2.85. The van der Waals surface area contributed by atoms with Crippen LogP contribution in [0.15, 0.2) is 51.8 Å². The summed E-state index contributed by atoms with van der Waals surface area (Å²) in [6, 6.07) is 12.5. The minimum Gasteiger partial charge on any atom is -0.326 e. The van der Waals surface area contributed by atoms with Crippen LogP contribution >= 0.6 is 51.5 Å². The highest BCUT2D eigenvalue weighted by atomic mass is 79.9.